The number of hydrogen-bond donors (Lipinski definition) is 2. The summed E-state index contributed by atoms with van der Waals surface area (Å²) in [7, 11) is 0. The highest BCUT2D eigenvalue weighted by Crippen LogP contribution is 2.45. The molecule has 0 saturated heterocycles. The number of nitrogens with zero attached hydrogens (tertiary/aromatic N) is 2. The molecule has 0 aliphatic rings. The molecule has 11 aromatic carbocycles. The van der Waals surface area contributed by atoms with E-state index in [2.05, 4.69) is 282 Å². The predicted molar refractivity (Wildman–Crippen MR) is 330 cm³/mol. The van der Waals surface area contributed by atoms with Gasteiger partial charge in [0.2, 0.25) is 0 Å². The third kappa shape index (κ3) is 9.30. The van der Waals surface area contributed by atoms with Crippen LogP contribution in [0.15, 0.2) is 296 Å². The maximum atomic E-state index is 5.83. The van der Waals surface area contributed by atoms with Crippen LogP contribution >= 0.6 is 0 Å². The van der Waals surface area contributed by atoms with Gasteiger partial charge in [0.05, 0.1) is 39.7 Å². The SMILES string of the molecule is c1ccc(-c2cc(-c3ccccc3)cc(-c3cccc(-c4cc(-c5ccccc5)cc(-c5ccccc5)c4)c3Nc3ccccc3Nc3cccc(Cc4ccc5c6ccccc6n(-c6nccc7occc67)c5c4)c3)c2)cc1. The largest absolute Gasteiger partial charge is 0.464 e. The number of pyridine rings is 1. The minimum absolute atomic E-state index is 0.743. The third-order valence-electron chi connectivity index (χ3n) is 15.1. The molecular formula is C74H52N4O. The zero-order valence-electron chi connectivity index (χ0n) is 43.2. The maximum absolute atomic E-state index is 5.83. The number of para-hydroxylation sites is 4. The van der Waals surface area contributed by atoms with E-state index in [1.807, 2.05) is 18.3 Å². The van der Waals surface area contributed by atoms with E-state index in [0.717, 1.165) is 124 Å². The van der Waals surface area contributed by atoms with Gasteiger partial charge in [0.15, 0.2) is 0 Å². The Hall–Kier alpha value is -10.5. The Morgan fingerprint density at radius 3 is 1.43 bits per heavy atom. The molecule has 14 rings (SSSR count). The molecule has 3 aromatic heterocycles. The van der Waals surface area contributed by atoms with Crippen LogP contribution in [0.5, 0.6) is 0 Å². The fraction of sp³-hybridized carbons (Fsp3) is 0.0135. The van der Waals surface area contributed by atoms with E-state index in [0.29, 0.717) is 0 Å². The van der Waals surface area contributed by atoms with E-state index in [4.69, 9.17) is 9.40 Å². The zero-order chi connectivity index (χ0) is 52.5. The van der Waals surface area contributed by atoms with Crippen LogP contribution in [0.4, 0.5) is 22.7 Å². The van der Waals surface area contributed by atoms with E-state index < -0.39 is 0 Å². The molecule has 0 fully saturated rings. The number of fused-ring (bicyclic) bond motifs is 4. The Morgan fingerprint density at radius 1 is 0.342 bits per heavy atom. The lowest BCUT2D eigenvalue weighted by atomic mass is 9.89. The van der Waals surface area contributed by atoms with Gasteiger partial charge in [0.1, 0.15) is 11.4 Å². The van der Waals surface area contributed by atoms with Crippen molar-refractivity contribution in [1.29, 1.82) is 0 Å². The lowest BCUT2D eigenvalue weighted by Crippen LogP contribution is -2.01. The molecule has 374 valence electrons. The highest BCUT2D eigenvalue weighted by Gasteiger charge is 2.20. The number of nitrogens with one attached hydrogen (secondary N) is 2. The van der Waals surface area contributed by atoms with E-state index in [1.54, 1.807) is 6.26 Å². The first kappa shape index (κ1) is 47.0. The molecule has 0 saturated carbocycles. The summed E-state index contributed by atoms with van der Waals surface area (Å²) >= 11 is 0. The smallest absolute Gasteiger partial charge is 0.148 e. The summed E-state index contributed by atoms with van der Waals surface area (Å²) < 4.78 is 8.11. The first-order valence-electron chi connectivity index (χ1n) is 26.9. The highest BCUT2D eigenvalue weighted by atomic mass is 16.3. The number of benzene rings is 11. The summed E-state index contributed by atoms with van der Waals surface area (Å²) in [5, 5.41) is 11.3. The van der Waals surface area contributed by atoms with Gasteiger partial charge in [-0.05, 0) is 158 Å². The summed E-state index contributed by atoms with van der Waals surface area (Å²) in [6.45, 7) is 0. The first-order chi connectivity index (χ1) is 39.1. The van der Waals surface area contributed by atoms with Crippen molar-refractivity contribution in [3.05, 3.63) is 303 Å². The minimum Gasteiger partial charge on any atom is -0.464 e. The fourth-order valence-corrected chi connectivity index (χ4v) is 11.3. The van der Waals surface area contributed by atoms with Crippen LogP contribution in [0.1, 0.15) is 11.1 Å². The Kier molecular flexibility index (Phi) is 12.2. The first-order valence-corrected chi connectivity index (χ1v) is 26.9. The van der Waals surface area contributed by atoms with Crippen LogP contribution in [0, 0.1) is 0 Å². The number of furan rings is 1. The fourth-order valence-electron chi connectivity index (χ4n) is 11.3. The van der Waals surface area contributed by atoms with Gasteiger partial charge in [0.25, 0.3) is 0 Å². The van der Waals surface area contributed by atoms with Crippen LogP contribution in [-0.2, 0) is 6.42 Å². The summed E-state index contributed by atoms with van der Waals surface area (Å²) in [5.74, 6) is 0.859. The summed E-state index contributed by atoms with van der Waals surface area (Å²) in [5.41, 5.74) is 23.0. The molecule has 3 heterocycles. The minimum atomic E-state index is 0.743. The lowest BCUT2D eigenvalue weighted by Gasteiger charge is -2.22. The number of anilines is 4. The van der Waals surface area contributed by atoms with Crippen LogP contribution in [-0.4, -0.2) is 9.55 Å². The predicted octanol–water partition coefficient (Wildman–Crippen LogP) is 20.0. The van der Waals surface area contributed by atoms with Crippen molar-refractivity contribution in [3.63, 3.8) is 0 Å². The second-order valence-electron chi connectivity index (χ2n) is 20.1. The van der Waals surface area contributed by atoms with Gasteiger partial charge < -0.3 is 15.1 Å². The Balaban J connectivity index is 0.869. The molecule has 0 radical (unpaired) electrons. The average molecular weight is 1010 g/mol. The molecule has 79 heavy (non-hydrogen) atoms. The standard InChI is InChI=1S/C74H52N4O/c1-5-20-52(21-6-1)56-44-57(53-22-7-2-8-23-53)47-60(46-56)63-30-18-31-64(61-48-58(54-24-9-3-10-25-54)45-59(49-61)55-26-11-4-12-27-55)73(63)77-69-33-15-14-32-68(69)76-62-28-17-19-50(42-62)41-51-35-36-66-65-29-13-16-34-70(65)78(71(66)43-51)74-67-38-40-79-72(67)37-39-75-74/h1-40,42-49,76-77H,41H2. The molecule has 2 N–H and O–H groups in total. The second-order valence-corrected chi connectivity index (χ2v) is 20.1. The second kappa shape index (κ2) is 20.6. The molecule has 0 atom stereocenters. The van der Waals surface area contributed by atoms with Crippen LogP contribution < -0.4 is 10.6 Å². The summed E-state index contributed by atoms with van der Waals surface area (Å²) in [6, 6.07) is 100. The van der Waals surface area contributed by atoms with Gasteiger partial charge in [-0.3, -0.25) is 4.57 Å². The van der Waals surface area contributed by atoms with E-state index in [-0.39, 0.29) is 0 Å². The summed E-state index contributed by atoms with van der Waals surface area (Å²) in [4.78, 5) is 4.91. The van der Waals surface area contributed by atoms with Crippen LogP contribution in [0.3, 0.4) is 0 Å². The van der Waals surface area contributed by atoms with E-state index in [9.17, 15) is 0 Å². The Morgan fingerprint density at radius 2 is 0.835 bits per heavy atom. The van der Waals surface area contributed by atoms with Crippen LogP contribution in [0.25, 0.3) is 105 Å². The molecule has 0 unspecified atom stereocenters. The molecule has 0 aliphatic carbocycles. The number of rotatable bonds is 13. The van der Waals surface area contributed by atoms with Crippen molar-refractivity contribution in [2.45, 2.75) is 6.42 Å². The normalized spacial score (nSPS) is 11.3. The molecule has 0 spiro atoms. The van der Waals surface area contributed by atoms with Gasteiger partial charge in [-0.1, -0.05) is 194 Å². The molecule has 0 amide bonds. The molecule has 5 heteroatoms. The van der Waals surface area contributed by atoms with Gasteiger partial charge in [-0.2, -0.15) is 0 Å². The quantitative estimate of drug-likeness (QED) is 0.121. The van der Waals surface area contributed by atoms with Gasteiger partial charge in [-0.25, -0.2) is 4.98 Å². The molecule has 14 aromatic rings. The van der Waals surface area contributed by atoms with E-state index >= 15 is 0 Å². The van der Waals surface area contributed by atoms with Gasteiger partial charge >= 0.3 is 0 Å². The van der Waals surface area contributed by atoms with Crippen molar-refractivity contribution in [2.24, 2.45) is 0 Å². The third-order valence-corrected chi connectivity index (χ3v) is 15.1. The zero-order valence-corrected chi connectivity index (χ0v) is 43.2. The molecule has 0 aliphatic heterocycles. The van der Waals surface area contributed by atoms with Crippen molar-refractivity contribution in [3.8, 4) is 72.6 Å². The number of hydrogen-bond acceptors (Lipinski definition) is 4. The Labute approximate surface area is 459 Å². The van der Waals surface area contributed by atoms with Crippen LogP contribution in [0.2, 0.25) is 0 Å². The van der Waals surface area contributed by atoms with Crippen molar-refractivity contribution < 1.29 is 4.42 Å². The summed E-state index contributed by atoms with van der Waals surface area (Å²) in [6.07, 6.45) is 4.31. The van der Waals surface area contributed by atoms with Crippen molar-refractivity contribution >= 4 is 55.5 Å². The molecule has 0 bridgehead atoms. The molecular weight excluding hydrogens is 961 g/mol. The van der Waals surface area contributed by atoms with Crippen molar-refractivity contribution in [1.82, 2.24) is 9.55 Å². The van der Waals surface area contributed by atoms with Crippen molar-refractivity contribution in [2.75, 3.05) is 10.6 Å². The van der Waals surface area contributed by atoms with Gasteiger partial charge in [0, 0.05) is 33.8 Å². The van der Waals surface area contributed by atoms with Gasteiger partial charge in [-0.15, -0.1) is 0 Å². The highest BCUT2D eigenvalue weighted by molar-refractivity contribution is 6.10. The Bertz CT molecular complexity index is 4240. The lowest BCUT2D eigenvalue weighted by molar-refractivity contribution is 0.615. The number of aromatic nitrogens is 2. The topological polar surface area (TPSA) is 55.0 Å². The monoisotopic (exact) mass is 1010 g/mol. The average Bonchev–Trinajstić information content (AvgIpc) is 4.37. The van der Waals surface area contributed by atoms with E-state index in [1.165, 1.54) is 21.9 Å². The molecule has 5 nitrogen and oxygen atoms in total. The maximum Gasteiger partial charge on any atom is 0.148 e.